The van der Waals surface area contributed by atoms with Crippen LogP contribution in [0.2, 0.25) is 5.02 Å². The topological polar surface area (TPSA) is 148 Å². The highest BCUT2D eigenvalue weighted by Gasteiger charge is 2.34. The van der Waals surface area contributed by atoms with E-state index in [4.69, 9.17) is 21.8 Å². The Labute approximate surface area is 217 Å². The minimum Gasteiger partial charge on any atom is -0.449 e. The zero-order valence-electron chi connectivity index (χ0n) is 20.0. The van der Waals surface area contributed by atoms with E-state index in [1.165, 1.54) is 30.5 Å². The lowest BCUT2D eigenvalue weighted by atomic mass is 9.84. The first-order valence-corrected chi connectivity index (χ1v) is 12.6. The second-order valence-corrected chi connectivity index (χ2v) is 9.82. The van der Waals surface area contributed by atoms with E-state index in [0.717, 1.165) is 25.8 Å². The molecule has 1 saturated carbocycles. The van der Waals surface area contributed by atoms with E-state index in [2.05, 4.69) is 15.6 Å². The maximum absolute atomic E-state index is 13.3. The highest BCUT2D eigenvalue weighted by molar-refractivity contribution is 6.30. The molecule has 192 valence electrons. The predicted octanol–water partition coefficient (Wildman–Crippen LogP) is 3.95. The lowest BCUT2D eigenvalue weighted by molar-refractivity contribution is -0.130. The van der Waals surface area contributed by atoms with Crippen molar-refractivity contribution in [1.82, 2.24) is 9.88 Å². The number of nitrogens with zero attached hydrogens (tertiary/aromatic N) is 2. The Hall–Kier alpha value is -3.92. The summed E-state index contributed by atoms with van der Waals surface area (Å²) in [7, 11) is 0. The van der Waals surface area contributed by atoms with Crippen LogP contribution in [0.4, 0.5) is 11.5 Å². The minimum absolute atomic E-state index is 0.127. The fraction of sp³-hybridized carbons (Fsp3) is 0.346. The van der Waals surface area contributed by atoms with Gasteiger partial charge in [0.05, 0.1) is 5.02 Å². The van der Waals surface area contributed by atoms with Gasteiger partial charge < -0.3 is 25.7 Å². The third-order valence-corrected chi connectivity index (χ3v) is 7.24. The van der Waals surface area contributed by atoms with Gasteiger partial charge in [-0.15, -0.1) is 0 Å². The van der Waals surface area contributed by atoms with Gasteiger partial charge in [-0.25, -0.2) is 4.98 Å². The lowest BCUT2D eigenvalue weighted by Crippen LogP contribution is -2.40. The zero-order chi connectivity index (χ0) is 26.1. The molecule has 1 aromatic carbocycles. The quantitative estimate of drug-likeness (QED) is 0.445. The Morgan fingerprint density at radius 1 is 1.08 bits per heavy atom. The largest absolute Gasteiger partial charge is 0.449 e. The molecule has 1 aliphatic heterocycles. The van der Waals surface area contributed by atoms with Crippen molar-refractivity contribution in [2.45, 2.75) is 44.6 Å². The molecule has 4 N–H and O–H groups in total. The highest BCUT2D eigenvalue weighted by Crippen LogP contribution is 2.35. The number of pyridine rings is 1. The van der Waals surface area contributed by atoms with Gasteiger partial charge in [0.1, 0.15) is 17.1 Å². The van der Waals surface area contributed by atoms with E-state index >= 15 is 0 Å². The smallest absolute Gasteiger partial charge is 0.294 e. The molecule has 2 fully saturated rings. The summed E-state index contributed by atoms with van der Waals surface area (Å²) < 4.78 is 5.80. The normalized spacial score (nSPS) is 19.7. The van der Waals surface area contributed by atoms with Crippen LogP contribution in [-0.2, 0) is 9.59 Å². The summed E-state index contributed by atoms with van der Waals surface area (Å²) in [6.07, 6.45) is 5.62. The highest BCUT2D eigenvalue weighted by atomic mass is 35.5. The van der Waals surface area contributed by atoms with Gasteiger partial charge >= 0.3 is 0 Å². The number of furan rings is 1. The number of nitrogens with one attached hydrogen (secondary N) is 2. The van der Waals surface area contributed by atoms with Gasteiger partial charge in [-0.2, -0.15) is 0 Å². The molecule has 0 unspecified atom stereocenters. The molecule has 4 amide bonds. The number of nitrogens with two attached hydrogens (primary N) is 1. The van der Waals surface area contributed by atoms with Gasteiger partial charge in [0.25, 0.3) is 5.91 Å². The standard InChI is InChI=1S/C26H26ClN5O5/c27-16-6-10-20(29-13-16)30-26(36)23-22(18-12-15(24(28)34)5-9-19(18)37-23)31-25(35)14-3-7-17(8-4-14)32-11-1-2-21(32)33/h5-6,9-10,12-14,17H,1-4,7-8,11H2,(H2,28,34)(H,31,35)(H,29,30,36)/t14-,17-. The summed E-state index contributed by atoms with van der Waals surface area (Å²) in [6, 6.07) is 7.79. The summed E-state index contributed by atoms with van der Waals surface area (Å²) in [4.78, 5) is 56.3. The molecule has 5 rings (SSSR count). The number of likely N-dealkylation sites (tertiary alicyclic amines) is 1. The summed E-state index contributed by atoms with van der Waals surface area (Å²) in [5.74, 6) is -1.50. The first-order chi connectivity index (χ1) is 17.8. The number of anilines is 2. The average Bonchev–Trinajstić information content (AvgIpc) is 3.48. The molecule has 10 nitrogen and oxygen atoms in total. The maximum atomic E-state index is 13.3. The molecule has 1 saturated heterocycles. The third-order valence-electron chi connectivity index (χ3n) is 7.01. The lowest BCUT2D eigenvalue weighted by Gasteiger charge is -2.34. The van der Waals surface area contributed by atoms with Gasteiger partial charge in [0.15, 0.2) is 0 Å². The Morgan fingerprint density at radius 3 is 2.51 bits per heavy atom. The van der Waals surface area contributed by atoms with Crippen LogP contribution in [0.25, 0.3) is 11.0 Å². The average molecular weight is 524 g/mol. The number of rotatable bonds is 6. The molecule has 0 atom stereocenters. The van der Waals surface area contributed by atoms with E-state index in [9.17, 15) is 19.2 Å². The second kappa shape index (κ2) is 10.2. The molecule has 2 aliphatic rings. The molecule has 0 spiro atoms. The van der Waals surface area contributed by atoms with Crippen LogP contribution in [0.3, 0.4) is 0 Å². The second-order valence-electron chi connectivity index (χ2n) is 9.38. The van der Waals surface area contributed by atoms with Crippen LogP contribution in [0.1, 0.15) is 59.4 Å². The SMILES string of the molecule is NC(=O)c1ccc2oc(C(=O)Nc3ccc(Cl)cn3)c(NC(=O)[C@H]3CC[C@H](N4CCCC4=O)CC3)c2c1. The number of fused-ring (bicyclic) bond motifs is 1. The van der Waals surface area contributed by atoms with Crippen molar-refractivity contribution in [3.63, 3.8) is 0 Å². The predicted molar refractivity (Wildman–Crippen MR) is 137 cm³/mol. The van der Waals surface area contributed by atoms with E-state index in [-0.39, 0.29) is 46.6 Å². The van der Waals surface area contributed by atoms with E-state index in [1.807, 2.05) is 4.90 Å². The van der Waals surface area contributed by atoms with Crippen molar-refractivity contribution < 1.29 is 23.6 Å². The molecule has 0 radical (unpaired) electrons. The summed E-state index contributed by atoms with van der Waals surface area (Å²) >= 11 is 5.87. The Morgan fingerprint density at radius 2 is 1.86 bits per heavy atom. The van der Waals surface area contributed by atoms with E-state index < -0.39 is 11.8 Å². The number of primary amides is 1. The van der Waals surface area contributed by atoms with Gasteiger partial charge in [0.2, 0.25) is 23.5 Å². The van der Waals surface area contributed by atoms with Gasteiger partial charge in [-0.1, -0.05) is 11.6 Å². The first-order valence-electron chi connectivity index (χ1n) is 12.2. The van der Waals surface area contributed by atoms with E-state index in [0.29, 0.717) is 35.3 Å². The molecule has 2 aromatic heterocycles. The van der Waals surface area contributed by atoms with Crippen LogP contribution in [0, 0.1) is 5.92 Å². The van der Waals surface area contributed by atoms with Crippen LogP contribution < -0.4 is 16.4 Å². The number of carbonyl (C=O) groups is 4. The number of amides is 4. The molecule has 1 aliphatic carbocycles. The summed E-state index contributed by atoms with van der Waals surface area (Å²) in [6.45, 7) is 0.782. The molecule has 11 heteroatoms. The Bertz CT molecular complexity index is 1380. The maximum Gasteiger partial charge on any atom is 0.294 e. The fourth-order valence-corrected chi connectivity index (χ4v) is 5.20. The van der Waals surface area contributed by atoms with Crippen molar-refractivity contribution in [1.29, 1.82) is 0 Å². The summed E-state index contributed by atoms with van der Waals surface area (Å²) in [5, 5.41) is 6.30. The van der Waals surface area contributed by atoms with Crippen LogP contribution in [0.15, 0.2) is 40.9 Å². The zero-order valence-corrected chi connectivity index (χ0v) is 20.7. The van der Waals surface area contributed by atoms with Gasteiger partial charge in [0, 0.05) is 42.1 Å². The number of hydrogen-bond acceptors (Lipinski definition) is 6. The van der Waals surface area contributed by atoms with Crippen molar-refractivity contribution in [2.24, 2.45) is 11.7 Å². The van der Waals surface area contributed by atoms with Crippen LogP contribution in [0.5, 0.6) is 0 Å². The number of aromatic nitrogens is 1. The first kappa shape index (κ1) is 24.8. The van der Waals surface area contributed by atoms with Gasteiger partial charge in [-0.3, -0.25) is 19.2 Å². The minimum atomic E-state index is -0.647. The van der Waals surface area contributed by atoms with Crippen molar-refractivity contribution >= 4 is 57.7 Å². The summed E-state index contributed by atoms with van der Waals surface area (Å²) in [5.41, 5.74) is 6.13. The molecule has 3 heterocycles. The Balaban J connectivity index is 1.38. The Kier molecular flexibility index (Phi) is 6.84. The molecule has 3 aromatic rings. The van der Waals surface area contributed by atoms with Crippen LogP contribution >= 0.6 is 11.6 Å². The fourth-order valence-electron chi connectivity index (χ4n) is 5.09. The number of halogens is 1. The molecular formula is C26H26ClN5O5. The monoisotopic (exact) mass is 523 g/mol. The number of carbonyl (C=O) groups excluding carboxylic acids is 4. The van der Waals surface area contributed by atoms with Crippen molar-refractivity contribution in [3.8, 4) is 0 Å². The third kappa shape index (κ3) is 5.15. The molecule has 0 bridgehead atoms. The molecule has 37 heavy (non-hydrogen) atoms. The van der Waals surface area contributed by atoms with Gasteiger partial charge in [-0.05, 0) is 62.4 Å². The number of benzene rings is 1. The van der Waals surface area contributed by atoms with Crippen molar-refractivity contribution in [3.05, 3.63) is 52.9 Å². The van der Waals surface area contributed by atoms with E-state index in [1.54, 1.807) is 6.07 Å². The molecular weight excluding hydrogens is 498 g/mol. The van der Waals surface area contributed by atoms with Crippen LogP contribution in [-0.4, -0.2) is 46.1 Å². The van der Waals surface area contributed by atoms with Crippen molar-refractivity contribution in [2.75, 3.05) is 17.2 Å². The number of hydrogen-bond donors (Lipinski definition) is 3.